The minimum Gasteiger partial charge on any atom is -0.359 e. The number of nitrogens with one attached hydrogen (secondary N) is 1. The first-order valence-electron chi connectivity index (χ1n) is 4.12. The highest BCUT2D eigenvalue weighted by atomic mass is 32.2. The van der Waals surface area contributed by atoms with Gasteiger partial charge in [-0.1, -0.05) is 0 Å². The summed E-state index contributed by atoms with van der Waals surface area (Å²) in [7, 11) is -1.56. The fraction of sp³-hybridized carbons (Fsp3) is 0.857. The number of carbonyl (C=O) groups excluding carboxylic acids is 1. The molecule has 5 nitrogen and oxygen atoms in total. The van der Waals surface area contributed by atoms with Crippen molar-refractivity contribution in [3.8, 4) is 0 Å². The number of rotatable bonds is 2. The summed E-state index contributed by atoms with van der Waals surface area (Å²) >= 11 is 0. The summed E-state index contributed by atoms with van der Waals surface area (Å²) in [5.41, 5.74) is 0. The SMILES string of the molecule is CNC(=O)C1CCN(S(C)(=O)=O)C1. The molecule has 0 aliphatic carbocycles. The zero-order chi connectivity index (χ0) is 10.1. The third-order valence-electron chi connectivity index (χ3n) is 2.24. The van der Waals surface area contributed by atoms with Crippen LogP contribution in [0, 0.1) is 5.92 Å². The normalized spacial score (nSPS) is 24.6. The molecule has 0 aromatic rings. The molecular weight excluding hydrogens is 192 g/mol. The van der Waals surface area contributed by atoms with Gasteiger partial charge < -0.3 is 5.32 Å². The molecule has 76 valence electrons. The van der Waals surface area contributed by atoms with Crippen molar-refractivity contribution in [2.75, 3.05) is 26.4 Å². The Kier molecular flexibility index (Phi) is 2.92. The molecule has 1 aliphatic rings. The van der Waals surface area contributed by atoms with Crippen molar-refractivity contribution in [3.05, 3.63) is 0 Å². The van der Waals surface area contributed by atoms with E-state index >= 15 is 0 Å². The Bertz CT molecular complexity index is 299. The zero-order valence-corrected chi connectivity index (χ0v) is 8.60. The largest absolute Gasteiger partial charge is 0.359 e. The van der Waals surface area contributed by atoms with Crippen LogP contribution in [0.4, 0.5) is 0 Å². The Morgan fingerprint density at radius 2 is 2.15 bits per heavy atom. The molecule has 6 heteroatoms. The maximum absolute atomic E-state index is 11.2. The Balaban J connectivity index is 2.60. The second kappa shape index (κ2) is 3.63. The van der Waals surface area contributed by atoms with E-state index in [1.165, 1.54) is 10.6 Å². The molecule has 0 aromatic heterocycles. The topological polar surface area (TPSA) is 66.5 Å². The predicted molar refractivity (Wildman–Crippen MR) is 48.6 cm³/mol. The first kappa shape index (κ1) is 10.5. The highest BCUT2D eigenvalue weighted by Crippen LogP contribution is 2.18. The molecule has 13 heavy (non-hydrogen) atoms. The van der Waals surface area contributed by atoms with E-state index in [1.54, 1.807) is 7.05 Å². The zero-order valence-electron chi connectivity index (χ0n) is 7.78. The Morgan fingerprint density at radius 1 is 1.54 bits per heavy atom. The maximum atomic E-state index is 11.2. The van der Waals surface area contributed by atoms with Gasteiger partial charge in [-0.25, -0.2) is 12.7 Å². The minimum absolute atomic E-state index is 0.0776. The van der Waals surface area contributed by atoms with Crippen LogP contribution in [0.15, 0.2) is 0 Å². The minimum atomic E-state index is -3.12. The van der Waals surface area contributed by atoms with E-state index in [0.29, 0.717) is 19.5 Å². The van der Waals surface area contributed by atoms with Crippen molar-refractivity contribution in [2.45, 2.75) is 6.42 Å². The number of nitrogens with zero attached hydrogens (tertiary/aromatic N) is 1. The van der Waals surface area contributed by atoms with Crippen LogP contribution in [-0.2, 0) is 14.8 Å². The van der Waals surface area contributed by atoms with Gasteiger partial charge in [0.15, 0.2) is 0 Å². The predicted octanol–water partition coefficient (Wildman–Crippen LogP) is -0.986. The summed E-state index contributed by atoms with van der Waals surface area (Å²) in [5, 5.41) is 2.52. The summed E-state index contributed by atoms with van der Waals surface area (Å²) in [6.45, 7) is 0.773. The van der Waals surface area contributed by atoms with Crippen LogP contribution in [0.5, 0.6) is 0 Å². The molecule has 1 atom stereocenters. The molecule has 0 spiro atoms. The van der Waals surface area contributed by atoms with Crippen molar-refractivity contribution in [1.82, 2.24) is 9.62 Å². The van der Waals surface area contributed by atoms with Crippen LogP contribution in [0.3, 0.4) is 0 Å². The highest BCUT2D eigenvalue weighted by molar-refractivity contribution is 7.88. The second-order valence-electron chi connectivity index (χ2n) is 3.22. The Morgan fingerprint density at radius 3 is 2.54 bits per heavy atom. The molecule has 1 fully saturated rings. The van der Waals surface area contributed by atoms with Gasteiger partial charge in [0.25, 0.3) is 0 Å². The number of amides is 1. The number of sulfonamides is 1. The van der Waals surface area contributed by atoms with E-state index in [9.17, 15) is 13.2 Å². The third-order valence-corrected chi connectivity index (χ3v) is 3.51. The van der Waals surface area contributed by atoms with E-state index in [-0.39, 0.29) is 11.8 Å². The van der Waals surface area contributed by atoms with E-state index in [1.807, 2.05) is 0 Å². The molecule has 1 saturated heterocycles. The molecule has 1 unspecified atom stereocenters. The van der Waals surface area contributed by atoms with Crippen LogP contribution in [0.25, 0.3) is 0 Å². The lowest BCUT2D eigenvalue weighted by Crippen LogP contribution is -2.32. The fourth-order valence-corrected chi connectivity index (χ4v) is 2.34. The van der Waals surface area contributed by atoms with E-state index in [2.05, 4.69) is 5.32 Å². The van der Waals surface area contributed by atoms with Crippen molar-refractivity contribution in [3.63, 3.8) is 0 Å². The monoisotopic (exact) mass is 206 g/mol. The summed E-state index contributed by atoms with van der Waals surface area (Å²) in [4.78, 5) is 11.2. The molecular formula is C7H14N2O3S. The first-order chi connectivity index (χ1) is 5.95. The summed E-state index contributed by atoms with van der Waals surface area (Å²) in [6.07, 6.45) is 1.78. The average Bonchev–Trinajstić information content (AvgIpc) is 2.50. The Labute approximate surface area is 78.2 Å². The smallest absolute Gasteiger partial charge is 0.224 e. The summed E-state index contributed by atoms with van der Waals surface area (Å²) < 4.78 is 23.5. The molecule has 1 N–H and O–H groups in total. The quantitative estimate of drug-likeness (QED) is 0.631. The molecule has 0 aromatic carbocycles. The van der Waals surface area contributed by atoms with Gasteiger partial charge in [-0.2, -0.15) is 0 Å². The van der Waals surface area contributed by atoms with Gasteiger partial charge in [-0.15, -0.1) is 0 Å². The standard InChI is InChI=1S/C7H14N2O3S/c1-8-7(10)6-3-4-9(5-6)13(2,11)12/h6H,3-5H2,1-2H3,(H,8,10). The van der Waals surface area contributed by atoms with Crippen LogP contribution in [0.2, 0.25) is 0 Å². The molecule has 1 heterocycles. The van der Waals surface area contributed by atoms with Gasteiger partial charge in [0, 0.05) is 20.1 Å². The Hall–Kier alpha value is -0.620. The van der Waals surface area contributed by atoms with Gasteiger partial charge in [-0.3, -0.25) is 4.79 Å². The van der Waals surface area contributed by atoms with Crippen molar-refractivity contribution >= 4 is 15.9 Å². The number of hydrogen-bond acceptors (Lipinski definition) is 3. The van der Waals surface area contributed by atoms with Crippen LogP contribution in [0.1, 0.15) is 6.42 Å². The van der Waals surface area contributed by atoms with E-state index < -0.39 is 10.0 Å². The third kappa shape index (κ3) is 2.41. The highest BCUT2D eigenvalue weighted by Gasteiger charge is 2.32. The van der Waals surface area contributed by atoms with Gasteiger partial charge in [-0.05, 0) is 6.42 Å². The first-order valence-corrected chi connectivity index (χ1v) is 5.96. The lowest BCUT2D eigenvalue weighted by atomic mass is 10.1. The van der Waals surface area contributed by atoms with E-state index in [4.69, 9.17) is 0 Å². The molecule has 1 amide bonds. The lowest BCUT2D eigenvalue weighted by Gasteiger charge is -2.12. The summed E-state index contributed by atoms with van der Waals surface area (Å²) in [6, 6.07) is 0. The van der Waals surface area contributed by atoms with Crippen LogP contribution < -0.4 is 5.32 Å². The van der Waals surface area contributed by atoms with Crippen molar-refractivity contribution < 1.29 is 13.2 Å². The van der Waals surface area contributed by atoms with Crippen molar-refractivity contribution in [1.29, 1.82) is 0 Å². The van der Waals surface area contributed by atoms with Gasteiger partial charge in [0.2, 0.25) is 15.9 Å². The maximum Gasteiger partial charge on any atom is 0.224 e. The molecule has 0 bridgehead atoms. The van der Waals surface area contributed by atoms with Crippen LogP contribution >= 0.6 is 0 Å². The van der Waals surface area contributed by atoms with Gasteiger partial charge in [0.05, 0.1) is 12.2 Å². The number of hydrogen-bond donors (Lipinski definition) is 1. The van der Waals surface area contributed by atoms with E-state index in [0.717, 1.165) is 0 Å². The fourth-order valence-electron chi connectivity index (χ4n) is 1.45. The molecule has 0 saturated carbocycles. The molecule has 0 radical (unpaired) electrons. The molecule has 1 aliphatic heterocycles. The van der Waals surface area contributed by atoms with Gasteiger partial charge in [0.1, 0.15) is 0 Å². The number of carbonyl (C=O) groups is 1. The lowest BCUT2D eigenvalue weighted by molar-refractivity contribution is -0.123. The van der Waals surface area contributed by atoms with Crippen molar-refractivity contribution in [2.24, 2.45) is 5.92 Å². The van der Waals surface area contributed by atoms with Gasteiger partial charge >= 0.3 is 0 Å². The summed E-state index contributed by atoms with van der Waals surface area (Å²) in [5.74, 6) is -0.258. The van der Waals surface area contributed by atoms with Crippen LogP contribution in [-0.4, -0.2) is 45.0 Å². The molecule has 1 rings (SSSR count). The average molecular weight is 206 g/mol. The second-order valence-corrected chi connectivity index (χ2v) is 5.20.